The summed E-state index contributed by atoms with van der Waals surface area (Å²) in [7, 11) is -2.15. The minimum Gasteiger partial charge on any atom is -0.496 e. The van der Waals surface area contributed by atoms with Gasteiger partial charge in [0.05, 0.1) is 29.2 Å². The van der Waals surface area contributed by atoms with E-state index in [1.807, 2.05) is 18.2 Å². The van der Waals surface area contributed by atoms with Crippen molar-refractivity contribution in [2.75, 3.05) is 20.2 Å². The molecule has 0 radical (unpaired) electrons. The number of para-hydroxylation sites is 1. The van der Waals surface area contributed by atoms with Crippen LogP contribution < -0.4 is 15.6 Å². The van der Waals surface area contributed by atoms with E-state index < -0.39 is 15.6 Å². The molecular weight excluding hydrogens is 456 g/mol. The van der Waals surface area contributed by atoms with Gasteiger partial charge < -0.3 is 10.1 Å². The van der Waals surface area contributed by atoms with Gasteiger partial charge in [0, 0.05) is 25.2 Å². The predicted octanol–water partition coefficient (Wildman–Crippen LogP) is 2.14. The van der Waals surface area contributed by atoms with Crippen molar-refractivity contribution < 1.29 is 17.9 Å². The van der Waals surface area contributed by atoms with Gasteiger partial charge in [0.15, 0.2) is 0 Å². The second kappa shape index (κ2) is 9.94. The van der Waals surface area contributed by atoms with Gasteiger partial charge in [0.1, 0.15) is 12.3 Å². The number of aromatic nitrogens is 2. The number of amides is 1. The molecule has 10 heteroatoms. The van der Waals surface area contributed by atoms with Crippen molar-refractivity contribution in [2.24, 2.45) is 5.92 Å². The monoisotopic (exact) mass is 484 g/mol. The van der Waals surface area contributed by atoms with Crippen LogP contribution in [-0.4, -0.2) is 48.4 Å². The summed E-state index contributed by atoms with van der Waals surface area (Å²) in [6.07, 6.45) is 2.92. The summed E-state index contributed by atoms with van der Waals surface area (Å²) < 4.78 is 34.1. The summed E-state index contributed by atoms with van der Waals surface area (Å²) in [4.78, 5) is 29.8. The standard InChI is InChI=1S/C24H28N4O5S/c1-17-9-11-28(12-10-17)34(31,32)19-7-8-21-20(13-19)24(30)27(16-26-21)15-23(29)25-14-18-5-3-4-6-22(18)33-2/h3-8,13,16-17H,9-12,14-15H2,1-2H3,(H,25,29). The number of carbonyl (C=O) groups is 1. The van der Waals surface area contributed by atoms with E-state index in [1.54, 1.807) is 13.2 Å². The number of methoxy groups -OCH3 is 1. The van der Waals surface area contributed by atoms with E-state index in [1.165, 1.54) is 33.4 Å². The fourth-order valence-electron chi connectivity index (χ4n) is 4.04. The van der Waals surface area contributed by atoms with Crippen LogP contribution in [0, 0.1) is 5.92 Å². The first kappa shape index (κ1) is 23.9. The van der Waals surface area contributed by atoms with Crippen molar-refractivity contribution in [1.82, 2.24) is 19.2 Å². The van der Waals surface area contributed by atoms with Crippen LogP contribution in [-0.2, 0) is 27.9 Å². The lowest BCUT2D eigenvalue weighted by Crippen LogP contribution is -2.38. The van der Waals surface area contributed by atoms with Crippen molar-refractivity contribution in [3.05, 3.63) is 64.7 Å². The molecule has 1 aliphatic heterocycles. The molecule has 2 aromatic carbocycles. The summed E-state index contributed by atoms with van der Waals surface area (Å²) in [5.41, 5.74) is 0.716. The fraction of sp³-hybridized carbons (Fsp3) is 0.375. The zero-order valence-corrected chi connectivity index (χ0v) is 20.0. The normalized spacial score (nSPS) is 15.4. The molecule has 0 bridgehead atoms. The number of rotatable bonds is 7. The third-order valence-electron chi connectivity index (χ3n) is 6.16. The number of fused-ring (bicyclic) bond motifs is 1. The Kier molecular flexibility index (Phi) is 6.99. The molecule has 1 amide bonds. The van der Waals surface area contributed by atoms with Crippen LogP contribution in [0.1, 0.15) is 25.3 Å². The summed E-state index contributed by atoms with van der Waals surface area (Å²) in [5.74, 6) is 0.776. The molecule has 0 saturated carbocycles. The van der Waals surface area contributed by atoms with Gasteiger partial charge in [-0.15, -0.1) is 0 Å². The average Bonchev–Trinajstić information content (AvgIpc) is 2.84. The summed E-state index contributed by atoms with van der Waals surface area (Å²) in [5, 5.41) is 2.93. The first-order chi connectivity index (χ1) is 16.3. The molecule has 1 aromatic heterocycles. The highest BCUT2D eigenvalue weighted by molar-refractivity contribution is 7.89. The molecule has 180 valence electrons. The van der Waals surface area contributed by atoms with E-state index in [9.17, 15) is 18.0 Å². The zero-order valence-electron chi connectivity index (χ0n) is 19.2. The molecule has 0 spiro atoms. The number of carbonyl (C=O) groups excluding carboxylic acids is 1. The molecule has 4 rings (SSSR count). The average molecular weight is 485 g/mol. The lowest BCUT2D eigenvalue weighted by Gasteiger charge is -2.29. The minimum absolute atomic E-state index is 0.0619. The number of hydrogen-bond donors (Lipinski definition) is 1. The fourth-order valence-corrected chi connectivity index (χ4v) is 5.54. The van der Waals surface area contributed by atoms with Crippen molar-refractivity contribution in [1.29, 1.82) is 0 Å². The first-order valence-corrected chi connectivity index (χ1v) is 12.6. The maximum Gasteiger partial charge on any atom is 0.261 e. The van der Waals surface area contributed by atoms with Gasteiger partial charge in [0.2, 0.25) is 15.9 Å². The highest BCUT2D eigenvalue weighted by atomic mass is 32.2. The smallest absolute Gasteiger partial charge is 0.261 e. The molecule has 0 unspecified atom stereocenters. The molecular formula is C24H28N4O5S. The number of nitrogens with zero attached hydrogens (tertiary/aromatic N) is 3. The predicted molar refractivity (Wildman–Crippen MR) is 128 cm³/mol. The zero-order chi connectivity index (χ0) is 24.3. The Labute approximate surface area is 198 Å². The molecule has 1 saturated heterocycles. The number of nitrogens with one attached hydrogen (secondary N) is 1. The van der Waals surface area contributed by atoms with Gasteiger partial charge in [-0.2, -0.15) is 4.31 Å². The SMILES string of the molecule is COc1ccccc1CNC(=O)Cn1cnc2ccc(S(=O)(=O)N3CCC(C)CC3)cc2c1=O. The molecule has 0 atom stereocenters. The van der Waals surface area contributed by atoms with Gasteiger partial charge in [-0.3, -0.25) is 14.2 Å². The van der Waals surface area contributed by atoms with E-state index in [2.05, 4.69) is 17.2 Å². The van der Waals surface area contributed by atoms with E-state index in [4.69, 9.17) is 4.74 Å². The Hall–Kier alpha value is -3.24. The topological polar surface area (TPSA) is 111 Å². The second-order valence-corrected chi connectivity index (χ2v) is 10.5. The molecule has 1 aliphatic rings. The van der Waals surface area contributed by atoms with Gasteiger partial charge in [-0.05, 0) is 43.0 Å². The van der Waals surface area contributed by atoms with E-state index in [0.717, 1.165) is 18.4 Å². The van der Waals surface area contributed by atoms with E-state index in [-0.39, 0.29) is 29.3 Å². The van der Waals surface area contributed by atoms with Gasteiger partial charge >= 0.3 is 0 Å². The Morgan fingerprint density at radius 2 is 1.91 bits per heavy atom. The highest BCUT2D eigenvalue weighted by Gasteiger charge is 2.28. The molecule has 34 heavy (non-hydrogen) atoms. The number of benzene rings is 2. The number of ether oxygens (including phenoxy) is 1. The van der Waals surface area contributed by atoms with Crippen LogP contribution in [0.2, 0.25) is 0 Å². The third kappa shape index (κ3) is 4.97. The molecule has 2 heterocycles. The van der Waals surface area contributed by atoms with Crippen LogP contribution in [0.4, 0.5) is 0 Å². The number of hydrogen-bond acceptors (Lipinski definition) is 6. The van der Waals surface area contributed by atoms with Crippen LogP contribution in [0.5, 0.6) is 5.75 Å². The van der Waals surface area contributed by atoms with Gasteiger partial charge in [-0.25, -0.2) is 13.4 Å². The molecule has 1 fully saturated rings. The minimum atomic E-state index is -3.71. The van der Waals surface area contributed by atoms with Crippen molar-refractivity contribution in [2.45, 2.75) is 37.8 Å². The summed E-state index contributed by atoms with van der Waals surface area (Å²) >= 11 is 0. The van der Waals surface area contributed by atoms with Crippen molar-refractivity contribution in [3.63, 3.8) is 0 Å². The maximum atomic E-state index is 13.1. The van der Waals surface area contributed by atoms with Crippen LogP contribution in [0.15, 0.2) is 58.5 Å². The molecule has 9 nitrogen and oxygen atoms in total. The van der Waals surface area contributed by atoms with E-state index >= 15 is 0 Å². The molecule has 3 aromatic rings. The van der Waals surface area contributed by atoms with E-state index in [0.29, 0.717) is 30.3 Å². The summed E-state index contributed by atoms with van der Waals surface area (Å²) in [6.45, 7) is 3.05. The van der Waals surface area contributed by atoms with Crippen molar-refractivity contribution in [3.8, 4) is 5.75 Å². The largest absolute Gasteiger partial charge is 0.496 e. The lowest BCUT2D eigenvalue weighted by atomic mass is 10.0. The Balaban J connectivity index is 1.53. The Morgan fingerprint density at radius 3 is 2.65 bits per heavy atom. The Morgan fingerprint density at radius 1 is 1.18 bits per heavy atom. The number of sulfonamides is 1. The van der Waals surface area contributed by atoms with Crippen LogP contribution in [0.3, 0.4) is 0 Å². The van der Waals surface area contributed by atoms with Crippen molar-refractivity contribution >= 4 is 26.8 Å². The summed E-state index contributed by atoms with van der Waals surface area (Å²) in [6, 6.07) is 11.7. The lowest BCUT2D eigenvalue weighted by molar-refractivity contribution is -0.121. The number of piperidine rings is 1. The first-order valence-electron chi connectivity index (χ1n) is 11.2. The maximum absolute atomic E-state index is 13.1. The molecule has 1 N–H and O–H groups in total. The quantitative estimate of drug-likeness (QED) is 0.550. The van der Waals surface area contributed by atoms with Crippen LogP contribution in [0.25, 0.3) is 10.9 Å². The third-order valence-corrected chi connectivity index (χ3v) is 8.05. The second-order valence-electron chi connectivity index (χ2n) is 8.53. The van der Waals surface area contributed by atoms with Gasteiger partial charge in [-0.1, -0.05) is 25.1 Å². The Bertz CT molecular complexity index is 1360. The van der Waals surface area contributed by atoms with Gasteiger partial charge in [0.25, 0.3) is 5.56 Å². The highest BCUT2D eigenvalue weighted by Crippen LogP contribution is 2.24. The molecule has 0 aliphatic carbocycles. The van der Waals surface area contributed by atoms with Crippen LogP contribution >= 0.6 is 0 Å².